The van der Waals surface area contributed by atoms with Gasteiger partial charge in [-0.1, -0.05) is 12.8 Å². The van der Waals surface area contributed by atoms with Gasteiger partial charge in [0, 0.05) is 16.7 Å². The molecule has 100 valence electrons. The molecular formula is C14H20BrNO2. The van der Waals surface area contributed by atoms with Crippen molar-refractivity contribution in [1.29, 1.82) is 0 Å². The van der Waals surface area contributed by atoms with Gasteiger partial charge in [-0.25, -0.2) is 0 Å². The van der Waals surface area contributed by atoms with Crippen LogP contribution in [0.3, 0.4) is 0 Å². The predicted octanol–water partition coefficient (Wildman–Crippen LogP) is 3.50. The maximum atomic E-state index is 6.54. The van der Waals surface area contributed by atoms with Crippen molar-refractivity contribution in [3.63, 3.8) is 0 Å². The highest BCUT2D eigenvalue weighted by Gasteiger charge is 2.35. The highest BCUT2D eigenvalue weighted by molar-refractivity contribution is 9.10. The molecule has 0 bridgehead atoms. The minimum Gasteiger partial charge on any atom is -0.496 e. The van der Waals surface area contributed by atoms with Gasteiger partial charge in [-0.3, -0.25) is 0 Å². The highest BCUT2D eigenvalue weighted by Crippen LogP contribution is 2.46. The number of methoxy groups -OCH3 is 2. The molecule has 1 aromatic carbocycles. The lowest BCUT2D eigenvalue weighted by molar-refractivity contribution is 0.368. The molecule has 0 aromatic heterocycles. The number of hydrogen-bond donors (Lipinski definition) is 1. The fourth-order valence-corrected chi connectivity index (χ4v) is 3.33. The molecule has 4 heteroatoms. The van der Waals surface area contributed by atoms with Gasteiger partial charge in [-0.2, -0.15) is 0 Å². The smallest absolute Gasteiger partial charge is 0.138 e. The molecule has 1 aliphatic carbocycles. The van der Waals surface area contributed by atoms with E-state index in [0.717, 1.165) is 39.9 Å². The van der Waals surface area contributed by atoms with Crippen LogP contribution in [-0.4, -0.2) is 14.2 Å². The topological polar surface area (TPSA) is 44.5 Å². The maximum absolute atomic E-state index is 6.54. The molecule has 0 aliphatic heterocycles. The van der Waals surface area contributed by atoms with E-state index in [1.165, 1.54) is 12.8 Å². The molecule has 1 aliphatic rings. The second-order valence-corrected chi connectivity index (χ2v) is 5.75. The molecule has 2 rings (SSSR count). The first-order chi connectivity index (χ1) is 8.53. The van der Waals surface area contributed by atoms with Gasteiger partial charge in [0.1, 0.15) is 11.5 Å². The van der Waals surface area contributed by atoms with Crippen molar-refractivity contribution in [3.05, 3.63) is 21.7 Å². The number of benzene rings is 1. The summed E-state index contributed by atoms with van der Waals surface area (Å²) in [6.07, 6.45) is 4.35. The van der Waals surface area contributed by atoms with Crippen molar-refractivity contribution < 1.29 is 9.47 Å². The average molecular weight is 314 g/mol. The Bertz CT molecular complexity index is 454. The SMILES string of the molecule is COc1cc(C2(N)CCCC2)c(OC)c(Br)c1C. The van der Waals surface area contributed by atoms with Crippen LogP contribution < -0.4 is 15.2 Å². The minimum atomic E-state index is -0.283. The molecule has 0 amide bonds. The van der Waals surface area contributed by atoms with E-state index in [0.29, 0.717) is 0 Å². The lowest BCUT2D eigenvalue weighted by Gasteiger charge is -2.28. The summed E-state index contributed by atoms with van der Waals surface area (Å²) in [6.45, 7) is 2.01. The lowest BCUT2D eigenvalue weighted by atomic mass is 9.87. The van der Waals surface area contributed by atoms with E-state index in [9.17, 15) is 0 Å². The number of rotatable bonds is 3. The van der Waals surface area contributed by atoms with Crippen molar-refractivity contribution in [2.75, 3.05) is 14.2 Å². The minimum absolute atomic E-state index is 0.283. The second kappa shape index (κ2) is 5.10. The lowest BCUT2D eigenvalue weighted by Crippen LogP contribution is -2.33. The second-order valence-electron chi connectivity index (χ2n) is 4.96. The zero-order chi connectivity index (χ0) is 13.3. The van der Waals surface area contributed by atoms with Gasteiger partial charge in [0.05, 0.1) is 18.7 Å². The van der Waals surface area contributed by atoms with Gasteiger partial charge < -0.3 is 15.2 Å². The maximum Gasteiger partial charge on any atom is 0.138 e. The summed E-state index contributed by atoms with van der Waals surface area (Å²) in [5, 5.41) is 0. The van der Waals surface area contributed by atoms with Crippen LogP contribution >= 0.6 is 15.9 Å². The van der Waals surface area contributed by atoms with Crippen LogP contribution in [0.1, 0.15) is 36.8 Å². The largest absolute Gasteiger partial charge is 0.496 e. The van der Waals surface area contributed by atoms with Gasteiger partial charge in [0.15, 0.2) is 0 Å². The van der Waals surface area contributed by atoms with Crippen molar-refractivity contribution in [2.24, 2.45) is 5.73 Å². The normalized spacial score (nSPS) is 17.8. The van der Waals surface area contributed by atoms with E-state index >= 15 is 0 Å². The Kier molecular flexibility index (Phi) is 3.87. The molecule has 0 saturated heterocycles. The van der Waals surface area contributed by atoms with Gasteiger partial charge in [-0.05, 0) is 41.8 Å². The zero-order valence-electron chi connectivity index (χ0n) is 11.2. The third-order valence-corrected chi connectivity index (χ3v) is 4.83. The molecule has 0 heterocycles. The summed E-state index contributed by atoms with van der Waals surface area (Å²) < 4.78 is 11.9. The van der Waals surface area contributed by atoms with Crippen molar-refractivity contribution >= 4 is 15.9 Å². The molecule has 0 atom stereocenters. The summed E-state index contributed by atoms with van der Waals surface area (Å²) in [4.78, 5) is 0. The first-order valence-electron chi connectivity index (χ1n) is 6.24. The molecule has 0 unspecified atom stereocenters. The fraction of sp³-hybridized carbons (Fsp3) is 0.571. The summed E-state index contributed by atoms with van der Waals surface area (Å²) in [7, 11) is 3.37. The fourth-order valence-electron chi connectivity index (χ4n) is 2.76. The first kappa shape index (κ1) is 13.7. The third-order valence-electron chi connectivity index (χ3n) is 3.87. The van der Waals surface area contributed by atoms with Crippen molar-refractivity contribution in [2.45, 2.75) is 38.1 Å². The molecule has 3 nitrogen and oxygen atoms in total. The summed E-state index contributed by atoms with van der Waals surface area (Å²) in [5.74, 6) is 1.70. The Morgan fingerprint density at radius 3 is 2.33 bits per heavy atom. The van der Waals surface area contributed by atoms with E-state index in [4.69, 9.17) is 15.2 Å². The van der Waals surface area contributed by atoms with E-state index < -0.39 is 0 Å². The molecule has 1 aromatic rings. The highest BCUT2D eigenvalue weighted by atomic mass is 79.9. The van der Waals surface area contributed by atoms with Crippen LogP contribution in [0.2, 0.25) is 0 Å². The molecule has 0 radical (unpaired) electrons. The van der Waals surface area contributed by atoms with Crippen LogP contribution in [0, 0.1) is 6.92 Å². The van der Waals surface area contributed by atoms with Crippen LogP contribution in [0.5, 0.6) is 11.5 Å². The Balaban J connectivity index is 2.61. The van der Waals surface area contributed by atoms with E-state index in [-0.39, 0.29) is 5.54 Å². The summed E-state index contributed by atoms with van der Waals surface area (Å²) in [6, 6.07) is 2.03. The van der Waals surface area contributed by atoms with Crippen LogP contribution in [0.15, 0.2) is 10.5 Å². The van der Waals surface area contributed by atoms with E-state index in [2.05, 4.69) is 15.9 Å². The van der Waals surface area contributed by atoms with Gasteiger partial charge in [0.25, 0.3) is 0 Å². The van der Waals surface area contributed by atoms with E-state index in [1.807, 2.05) is 13.0 Å². The first-order valence-corrected chi connectivity index (χ1v) is 7.03. The molecule has 1 saturated carbocycles. The zero-order valence-corrected chi connectivity index (χ0v) is 12.8. The standard InChI is InChI=1S/C14H20BrNO2/c1-9-11(17-2)8-10(13(18-3)12(9)15)14(16)6-4-5-7-14/h8H,4-7,16H2,1-3H3. The number of nitrogens with two attached hydrogens (primary N) is 1. The Hall–Kier alpha value is -0.740. The molecule has 2 N–H and O–H groups in total. The van der Waals surface area contributed by atoms with Crippen molar-refractivity contribution in [3.8, 4) is 11.5 Å². The van der Waals surface area contributed by atoms with Gasteiger partial charge in [-0.15, -0.1) is 0 Å². The van der Waals surface area contributed by atoms with Crippen LogP contribution in [0.25, 0.3) is 0 Å². The quantitative estimate of drug-likeness (QED) is 0.928. The van der Waals surface area contributed by atoms with Gasteiger partial charge >= 0.3 is 0 Å². The molecule has 1 fully saturated rings. The molecular weight excluding hydrogens is 294 g/mol. The Morgan fingerprint density at radius 1 is 1.22 bits per heavy atom. The third kappa shape index (κ3) is 2.12. The summed E-state index contributed by atoms with van der Waals surface area (Å²) >= 11 is 3.59. The van der Waals surface area contributed by atoms with Gasteiger partial charge in [0.2, 0.25) is 0 Å². The molecule has 0 spiro atoms. The van der Waals surface area contributed by atoms with Crippen molar-refractivity contribution in [1.82, 2.24) is 0 Å². The number of ether oxygens (including phenoxy) is 2. The molecule has 18 heavy (non-hydrogen) atoms. The monoisotopic (exact) mass is 313 g/mol. The van der Waals surface area contributed by atoms with Crippen LogP contribution in [0.4, 0.5) is 0 Å². The van der Waals surface area contributed by atoms with Crippen LogP contribution in [-0.2, 0) is 5.54 Å². The Morgan fingerprint density at radius 2 is 1.83 bits per heavy atom. The Labute approximate surface area is 117 Å². The summed E-state index contributed by atoms with van der Waals surface area (Å²) in [5.41, 5.74) is 8.35. The predicted molar refractivity (Wildman–Crippen MR) is 76.3 cm³/mol. The number of halogens is 1. The van der Waals surface area contributed by atoms with E-state index in [1.54, 1.807) is 14.2 Å². The number of hydrogen-bond acceptors (Lipinski definition) is 3. The average Bonchev–Trinajstić information content (AvgIpc) is 2.80.